The van der Waals surface area contributed by atoms with Crippen LogP contribution in [0, 0.1) is 10.1 Å². The van der Waals surface area contributed by atoms with Crippen LogP contribution in [-0.2, 0) is 0 Å². The number of nitro groups is 1. The topological polar surface area (TPSA) is 98.9 Å². The van der Waals surface area contributed by atoms with Gasteiger partial charge in [-0.25, -0.2) is 4.98 Å². The molecule has 10 heteroatoms. The summed E-state index contributed by atoms with van der Waals surface area (Å²) in [4.78, 5) is 15.2. The van der Waals surface area contributed by atoms with E-state index in [-0.39, 0.29) is 5.69 Å². The van der Waals surface area contributed by atoms with Crippen LogP contribution >= 0.6 is 22.9 Å². The highest BCUT2D eigenvalue weighted by molar-refractivity contribution is 7.22. The van der Waals surface area contributed by atoms with Gasteiger partial charge in [-0.05, 0) is 42.5 Å². The molecule has 0 aliphatic carbocycles. The summed E-state index contributed by atoms with van der Waals surface area (Å²) in [5.74, 6) is 1.21. The maximum atomic E-state index is 11.2. The van der Waals surface area contributed by atoms with Crippen LogP contribution in [0.15, 0.2) is 71.8 Å². The van der Waals surface area contributed by atoms with Crippen LogP contribution in [-0.4, -0.2) is 29.3 Å². The number of nitrogens with one attached hydrogen (secondary N) is 1. The summed E-state index contributed by atoms with van der Waals surface area (Å²) in [6, 6.07) is 19.3. The Hall–Kier alpha value is -3.69. The largest absolute Gasteiger partial charge is 0.493 e. The van der Waals surface area contributed by atoms with Gasteiger partial charge in [-0.3, -0.25) is 15.5 Å². The number of nitro benzene ring substituents is 1. The second-order valence-corrected chi connectivity index (χ2v) is 8.31. The highest BCUT2D eigenvalue weighted by Gasteiger charge is 2.11. The Morgan fingerprint density at radius 3 is 2.67 bits per heavy atom. The van der Waals surface area contributed by atoms with Crippen molar-refractivity contribution in [2.45, 2.75) is 6.42 Å². The van der Waals surface area contributed by atoms with Crippen molar-refractivity contribution < 1.29 is 14.4 Å². The van der Waals surface area contributed by atoms with E-state index in [0.717, 1.165) is 16.0 Å². The molecule has 4 aromatic rings. The third-order valence-electron chi connectivity index (χ3n) is 4.49. The Bertz CT molecular complexity index is 1240. The fourth-order valence-electron chi connectivity index (χ4n) is 2.92. The van der Waals surface area contributed by atoms with E-state index >= 15 is 0 Å². The summed E-state index contributed by atoms with van der Waals surface area (Å²) in [5, 5.41) is 16.7. The van der Waals surface area contributed by atoms with Crippen LogP contribution in [0.4, 0.5) is 10.8 Å². The predicted octanol–water partition coefficient (Wildman–Crippen LogP) is 6.15. The summed E-state index contributed by atoms with van der Waals surface area (Å²) in [5.41, 5.74) is 4.19. The zero-order valence-electron chi connectivity index (χ0n) is 17.3. The quantitative estimate of drug-likeness (QED) is 0.126. The van der Waals surface area contributed by atoms with Gasteiger partial charge in [0, 0.05) is 29.1 Å². The van der Waals surface area contributed by atoms with Gasteiger partial charge < -0.3 is 9.47 Å². The highest BCUT2D eigenvalue weighted by Crippen LogP contribution is 2.26. The number of para-hydroxylation sites is 1. The van der Waals surface area contributed by atoms with Crippen molar-refractivity contribution in [2.24, 2.45) is 5.10 Å². The Morgan fingerprint density at radius 1 is 1.09 bits per heavy atom. The number of fused-ring (bicyclic) bond motifs is 1. The number of hydrogen-bond donors (Lipinski definition) is 1. The molecular weight excluding hydrogens is 464 g/mol. The van der Waals surface area contributed by atoms with Gasteiger partial charge in [0.15, 0.2) is 0 Å². The summed E-state index contributed by atoms with van der Waals surface area (Å²) >= 11 is 7.33. The van der Waals surface area contributed by atoms with Crippen molar-refractivity contribution in [1.82, 2.24) is 4.98 Å². The number of ether oxygens (including phenoxy) is 2. The van der Waals surface area contributed by atoms with E-state index in [1.165, 1.54) is 29.7 Å². The lowest BCUT2D eigenvalue weighted by Gasteiger charge is -2.10. The molecule has 0 amide bonds. The molecule has 0 atom stereocenters. The average Bonchev–Trinajstić information content (AvgIpc) is 3.23. The fourth-order valence-corrected chi connectivity index (χ4v) is 3.86. The van der Waals surface area contributed by atoms with Crippen LogP contribution in [0.3, 0.4) is 0 Å². The van der Waals surface area contributed by atoms with Gasteiger partial charge in [0.25, 0.3) is 5.69 Å². The van der Waals surface area contributed by atoms with Gasteiger partial charge in [0.2, 0.25) is 5.13 Å². The molecule has 8 nitrogen and oxygen atoms in total. The summed E-state index contributed by atoms with van der Waals surface area (Å²) in [7, 11) is 0. The van der Waals surface area contributed by atoms with Gasteiger partial charge in [-0.1, -0.05) is 35.1 Å². The van der Waals surface area contributed by atoms with E-state index in [1.54, 1.807) is 30.3 Å². The molecule has 1 heterocycles. The fraction of sp³-hybridized carbons (Fsp3) is 0.130. The zero-order chi connectivity index (χ0) is 23.0. The van der Waals surface area contributed by atoms with Gasteiger partial charge in [0.05, 0.1) is 34.6 Å². The second-order valence-electron chi connectivity index (χ2n) is 6.84. The molecule has 3 aromatic carbocycles. The van der Waals surface area contributed by atoms with Crippen LogP contribution in [0.25, 0.3) is 10.2 Å². The lowest BCUT2D eigenvalue weighted by molar-refractivity contribution is -0.384. The van der Waals surface area contributed by atoms with Crippen LogP contribution in [0.2, 0.25) is 5.02 Å². The van der Waals surface area contributed by atoms with E-state index in [9.17, 15) is 10.1 Å². The first-order chi connectivity index (χ1) is 16.1. The van der Waals surface area contributed by atoms with Gasteiger partial charge in [0.1, 0.15) is 11.5 Å². The first kappa shape index (κ1) is 22.5. The van der Waals surface area contributed by atoms with Crippen LogP contribution in [0.1, 0.15) is 12.0 Å². The Morgan fingerprint density at radius 2 is 1.88 bits per heavy atom. The van der Waals surface area contributed by atoms with Gasteiger partial charge >= 0.3 is 0 Å². The molecule has 0 fully saturated rings. The molecule has 0 unspecified atom stereocenters. The molecular formula is C23H19ClN4O4S. The summed E-state index contributed by atoms with van der Waals surface area (Å²) in [6.45, 7) is 0.828. The number of halogens is 1. The Labute approximate surface area is 198 Å². The Balaban J connectivity index is 1.37. The number of hydrazone groups is 1. The summed E-state index contributed by atoms with van der Waals surface area (Å²) < 4.78 is 12.5. The van der Waals surface area contributed by atoms with Crippen molar-refractivity contribution in [3.63, 3.8) is 0 Å². The van der Waals surface area contributed by atoms with E-state index in [1.807, 2.05) is 24.3 Å². The summed E-state index contributed by atoms with van der Waals surface area (Å²) in [6.07, 6.45) is 2.11. The molecule has 0 bridgehead atoms. The molecule has 0 aliphatic heterocycles. The molecule has 0 saturated heterocycles. The molecule has 0 radical (unpaired) electrons. The van der Waals surface area contributed by atoms with E-state index in [4.69, 9.17) is 21.1 Å². The molecule has 168 valence electrons. The third-order valence-corrected chi connectivity index (χ3v) is 5.68. The predicted molar refractivity (Wildman–Crippen MR) is 131 cm³/mol. The van der Waals surface area contributed by atoms with Crippen LogP contribution in [0.5, 0.6) is 11.5 Å². The molecule has 33 heavy (non-hydrogen) atoms. The van der Waals surface area contributed by atoms with E-state index in [2.05, 4.69) is 15.5 Å². The highest BCUT2D eigenvalue weighted by atomic mass is 35.5. The van der Waals surface area contributed by atoms with E-state index < -0.39 is 4.92 Å². The Kier molecular flexibility index (Phi) is 7.33. The average molecular weight is 483 g/mol. The van der Waals surface area contributed by atoms with Crippen LogP contribution < -0.4 is 14.9 Å². The minimum absolute atomic E-state index is 0.0464. The smallest absolute Gasteiger partial charge is 0.270 e. The van der Waals surface area contributed by atoms with Crippen molar-refractivity contribution in [2.75, 3.05) is 18.6 Å². The van der Waals surface area contributed by atoms with Crippen molar-refractivity contribution >= 4 is 50.2 Å². The minimum atomic E-state index is -0.456. The number of rotatable bonds is 10. The molecule has 4 rings (SSSR count). The first-order valence-electron chi connectivity index (χ1n) is 10.0. The standard InChI is InChI=1S/C23H19ClN4O4S/c24-17-6-9-19(10-7-17)31-12-3-13-32-21-11-8-18(28(29)30)14-16(21)15-25-27-23-26-20-4-1-2-5-22(20)33-23/h1-2,4-11,14-15H,3,12-13H2,(H,26,27)/b25-15+. The van der Waals surface area contributed by atoms with E-state index in [0.29, 0.717) is 41.1 Å². The zero-order valence-corrected chi connectivity index (χ0v) is 18.9. The maximum Gasteiger partial charge on any atom is 0.270 e. The lowest BCUT2D eigenvalue weighted by Crippen LogP contribution is -2.06. The number of benzene rings is 3. The minimum Gasteiger partial charge on any atom is -0.493 e. The number of anilines is 1. The number of aromatic nitrogens is 1. The molecule has 0 aliphatic rings. The van der Waals surface area contributed by atoms with Crippen molar-refractivity contribution in [3.8, 4) is 11.5 Å². The number of nitrogens with zero attached hydrogens (tertiary/aromatic N) is 3. The monoisotopic (exact) mass is 482 g/mol. The van der Waals surface area contributed by atoms with Gasteiger partial charge in [-0.2, -0.15) is 5.10 Å². The third kappa shape index (κ3) is 6.18. The molecule has 0 saturated carbocycles. The number of non-ortho nitro benzene ring substituents is 1. The number of hydrogen-bond acceptors (Lipinski definition) is 8. The molecule has 0 spiro atoms. The van der Waals surface area contributed by atoms with Crippen molar-refractivity contribution in [1.29, 1.82) is 0 Å². The normalized spacial score (nSPS) is 11.1. The molecule has 1 aromatic heterocycles. The number of thiazole rings is 1. The second kappa shape index (κ2) is 10.8. The SMILES string of the molecule is O=[N+]([O-])c1ccc(OCCCOc2ccc(Cl)cc2)c(/C=N/Nc2nc3ccccc3s2)c1. The lowest BCUT2D eigenvalue weighted by atomic mass is 10.2. The van der Waals surface area contributed by atoms with Crippen molar-refractivity contribution in [3.05, 3.63) is 87.4 Å². The maximum absolute atomic E-state index is 11.2. The molecule has 1 N–H and O–H groups in total. The first-order valence-corrected chi connectivity index (χ1v) is 11.2. The van der Waals surface area contributed by atoms with Gasteiger partial charge in [-0.15, -0.1) is 0 Å².